The molecule has 2 atom stereocenters. The number of para-hydroxylation sites is 1. The number of rotatable bonds is 6. The number of hydrogen-bond acceptors (Lipinski definition) is 5. The van der Waals surface area contributed by atoms with E-state index in [4.69, 9.17) is 10.00 Å². The molecule has 1 aliphatic rings. The second kappa shape index (κ2) is 9.83. The van der Waals surface area contributed by atoms with Crippen molar-refractivity contribution in [3.05, 3.63) is 89.7 Å². The second-order valence-corrected chi connectivity index (χ2v) is 7.84. The second-order valence-electron chi connectivity index (χ2n) is 7.84. The lowest BCUT2D eigenvalue weighted by atomic mass is 10.1. The van der Waals surface area contributed by atoms with Gasteiger partial charge in [0.25, 0.3) is 0 Å². The van der Waals surface area contributed by atoms with E-state index in [2.05, 4.69) is 10.3 Å². The molecule has 0 bridgehead atoms. The topological polar surface area (TPSA) is 78.2 Å². The third-order valence-electron chi connectivity index (χ3n) is 5.54. The van der Waals surface area contributed by atoms with Crippen LogP contribution in [0, 0.1) is 11.3 Å². The number of pyridine rings is 1. The van der Waals surface area contributed by atoms with Crippen molar-refractivity contribution in [3.8, 4) is 11.8 Å². The maximum absolute atomic E-state index is 13.6. The average Bonchev–Trinajstić information content (AvgIpc) is 3.26. The van der Waals surface area contributed by atoms with Crippen molar-refractivity contribution in [2.45, 2.75) is 31.3 Å². The Morgan fingerprint density at radius 1 is 1.15 bits per heavy atom. The fourth-order valence-corrected chi connectivity index (χ4v) is 3.95. The maximum Gasteiger partial charge on any atom is 0.417 e. The van der Waals surface area contributed by atoms with Crippen molar-refractivity contribution in [1.82, 2.24) is 10.3 Å². The van der Waals surface area contributed by atoms with Gasteiger partial charge in [0.1, 0.15) is 17.9 Å². The third kappa shape index (κ3) is 5.29. The van der Waals surface area contributed by atoms with Crippen LogP contribution >= 0.6 is 0 Å². The Hall–Kier alpha value is -4.06. The minimum Gasteiger partial charge on any atom is -0.488 e. The van der Waals surface area contributed by atoms with Crippen molar-refractivity contribution in [1.29, 1.82) is 5.26 Å². The van der Waals surface area contributed by atoms with Gasteiger partial charge in [0.2, 0.25) is 5.91 Å². The fraction of sp³-hybridized carbons (Fsp3) is 0.240. The molecule has 1 aliphatic heterocycles. The summed E-state index contributed by atoms with van der Waals surface area (Å²) in [6.45, 7) is 0.398. The Morgan fingerprint density at radius 3 is 2.59 bits per heavy atom. The zero-order valence-corrected chi connectivity index (χ0v) is 18.0. The largest absolute Gasteiger partial charge is 0.488 e. The molecule has 1 aromatic heterocycles. The van der Waals surface area contributed by atoms with Crippen LogP contribution in [-0.2, 0) is 17.5 Å². The molecular formula is C25H21F3N4O2. The van der Waals surface area contributed by atoms with Gasteiger partial charge in [-0.1, -0.05) is 24.3 Å². The first-order valence-electron chi connectivity index (χ1n) is 10.6. The number of nitrogens with one attached hydrogen (secondary N) is 1. The number of halogens is 3. The Labute approximate surface area is 194 Å². The Kier molecular flexibility index (Phi) is 6.68. The van der Waals surface area contributed by atoms with Crippen molar-refractivity contribution >= 4 is 11.6 Å². The van der Waals surface area contributed by atoms with Crippen LogP contribution in [0.4, 0.5) is 18.9 Å². The molecule has 174 valence electrons. The SMILES string of the molecule is N#Cc1ccc(N2C[C@@H](Oc3ccccc3)C[C@H]2C(=O)NCc2ccccn2)cc1C(F)(F)F. The highest BCUT2D eigenvalue weighted by molar-refractivity contribution is 5.86. The van der Waals surface area contributed by atoms with Crippen LogP contribution < -0.4 is 15.0 Å². The fourth-order valence-electron chi connectivity index (χ4n) is 3.95. The normalized spacial score (nSPS) is 17.8. The van der Waals surface area contributed by atoms with Gasteiger partial charge < -0.3 is 15.0 Å². The third-order valence-corrected chi connectivity index (χ3v) is 5.54. The maximum atomic E-state index is 13.6. The Morgan fingerprint density at radius 2 is 1.91 bits per heavy atom. The van der Waals surface area contributed by atoms with Crippen molar-refractivity contribution < 1.29 is 22.7 Å². The van der Waals surface area contributed by atoms with E-state index in [0.717, 1.165) is 12.1 Å². The highest BCUT2D eigenvalue weighted by Crippen LogP contribution is 2.36. The van der Waals surface area contributed by atoms with Gasteiger partial charge in [0, 0.05) is 18.3 Å². The standard InChI is InChI=1S/C25H21F3N4O2/c26-25(27,28)22-12-19(10-9-17(22)14-29)32-16-21(34-20-7-2-1-3-8-20)13-23(32)24(33)31-15-18-6-4-5-11-30-18/h1-12,21,23H,13,15-16H2,(H,31,33)/t21-,23-/m0/s1. The van der Waals surface area contributed by atoms with E-state index in [0.29, 0.717) is 11.4 Å². The van der Waals surface area contributed by atoms with E-state index in [1.54, 1.807) is 47.5 Å². The van der Waals surface area contributed by atoms with Crippen LogP contribution in [0.3, 0.4) is 0 Å². The summed E-state index contributed by atoms with van der Waals surface area (Å²) in [5, 5.41) is 11.9. The summed E-state index contributed by atoms with van der Waals surface area (Å²) in [5.74, 6) is 0.264. The van der Waals surface area contributed by atoms with Gasteiger partial charge in [-0.25, -0.2) is 0 Å². The molecule has 4 rings (SSSR count). The van der Waals surface area contributed by atoms with E-state index >= 15 is 0 Å². The lowest BCUT2D eigenvalue weighted by Crippen LogP contribution is -2.43. The number of aromatic nitrogens is 1. The molecule has 1 N–H and O–H groups in total. The predicted octanol–water partition coefficient (Wildman–Crippen LogP) is 4.31. The molecule has 1 amide bonds. The van der Waals surface area contributed by atoms with Crippen molar-refractivity contribution in [3.63, 3.8) is 0 Å². The Balaban J connectivity index is 1.60. The summed E-state index contributed by atoms with van der Waals surface area (Å²) in [6.07, 6.45) is -3.22. The number of anilines is 1. The van der Waals surface area contributed by atoms with Crippen LogP contribution in [0.15, 0.2) is 72.9 Å². The number of carbonyl (C=O) groups excluding carboxylic acids is 1. The molecule has 2 aromatic carbocycles. The lowest BCUT2D eigenvalue weighted by molar-refractivity contribution is -0.137. The zero-order chi connectivity index (χ0) is 24.1. The minimum absolute atomic E-state index is 0.190. The van der Waals surface area contributed by atoms with Crippen molar-refractivity contribution in [2.24, 2.45) is 0 Å². The summed E-state index contributed by atoms with van der Waals surface area (Å²) < 4.78 is 46.7. The number of hydrogen-bond donors (Lipinski definition) is 1. The van der Waals surface area contributed by atoms with E-state index < -0.39 is 29.4 Å². The minimum atomic E-state index is -4.70. The molecule has 6 nitrogen and oxygen atoms in total. The van der Waals surface area contributed by atoms with E-state index in [1.165, 1.54) is 6.07 Å². The number of nitrogens with zero attached hydrogens (tertiary/aromatic N) is 3. The molecular weight excluding hydrogens is 445 g/mol. The summed E-state index contributed by atoms with van der Waals surface area (Å²) in [5.41, 5.74) is -0.644. The van der Waals surface area contributed by atoms with E-state index in [1.807, 2.05) is 18.2 Å². The molecule has 0 radical (unpaired) electrons. The Bertz CT molecular complexity index is 1180. The zero-order valence-electron chi connectivity index (χ0n) is 18.0. The van der Waals surface area contributed by atoms with E-state index in [9.17, 15) is 18.0 Å². The monoisotopic (exact) mass is 466 g/mol. The highest BCUT2D eigenvalue weighted by atomic mass is 19.4. The quantitative estimate of drug-likeness (QED) is 0.586. The number of ether oxygens (including phenoxy) is 1. The molecule has 9 heteroatoms. The molecule has 1 fully saturated rings. The van der Waals surface area contributed by atoms with Gasteiger partial charge >= 0.3 is 6.18 Å². The molecule has 0 aliphatic carbocycles. The van der Waals surface area contributed by atoms with Gasteiger partial charge in [-0.2, -0.15) is 18.4 Å². The van der Waals surface area contributed by atoms with E-state index in [-0.39, 0.29) is 31.1 Å². The molecule has 2 heterocycles. The number of amides is 1. The molecule has 0 spiro atoms. The first-order chi connectivity index (χ1) is 16.3. The highest BCUT2D eigenvalue weighted by Gasteiger charge is 2.40. The molecule has 34 heavy (non-hydrogen) atoms. The summed E-state index contributed by atoms with van der Waals surface area (Å²) in [4.78, 5) is 18.9. The summed E-state index contributed by atoms with van der Waals surface area (Å²) in [6, 6.07) is 18.7. The number of benzene rings is 2. The summed E-state index contributed by atoms with van der Waals surface area (Å²) in [7, 11) is 0. The van der Waals surface area contributed by atoms with Crippen molar-refractivity contribution in [2.75, 3.05) is 11.4 Å². The summed E-state index contributed by atoms with van der Waals surface area (Å²) >= 11 is 0. The van der Waals surface area contributed by atoms with Gasteiger partial charge in [-0.3, -0.25) is 9.78 Å². The smallest absolute Gasteiger partial charge is 0.417 e. The molecule has 0 unspecified atom stereocenters. The number of carbonyl (C=O) groups is 1. The van der Waals surface area contributed by atoms with Gasteiger partial charge in [-0.15, -0.1) is 0 Å². The molecule has 3 aromatic rings. The first kappa shape index (κ1) is 23.1. The predicted molar refractivity (Wildman–Crippen MR) is 119 cm³/mol. The number of alkyl halides is 3. The average molecular weight is 466 g/mol. The van der Waals surface area contributed by atoms with Crippen LogP contribution in [0.5, 0.6) is 5.75 Å². The van der Waals surface area contributed by atoms with Crippen LogP contribution in [0.1, 0.15) is 23.2 Å². The van der Waals surface area contributed by atoms with Crippen LogP contribution in [0.25, 0.3) is 0 Å². The van der Waals surface area contributed by atoms with Gasteiger partial charge in [-0.05, 0) is 42.5 Å². The molecule has 1 saturated heterocycles. The first-order valence-corrected chi connectivity index (χ1v) is 10.6. The van der Waals surface area contributed by atoms with Crippen LogP contribution in [-0.4, -0.2) is 29.6 Å². The van der Waals surface area contributed by atoms with Gasteiger partial charge in [0.05, 0.1) is 36.0 Å². The molecule has 0 saturated carbocycles. The number of nitriles is 1. The van der Waals surface area contributed by atoms with Crippen LogP contribution in [0.2, 0.25) is 0 Å². The van der Waals surface area contributed by atoms with Gasteiger partial charge in [0.15, 0.2) is 0 Å². The lowest BCUT2D eigenvalue weighted by Gasteiger charge is -2.26.